The van der Waals surface area contributed by atoms with E-state index in [-0.39, 0.29) is 39.0 Å². The molecule has 10 heteroatoms. The Morgan fingerprint density at radius 1 is 0.278 bits per heavy atom. The molecule has 0 spiro atoms. The van der Waals surface area contributed by atoms with Crippen LogP contribution in [0.1, 0.15) is 45.6 Å². The number of rotatable bonds is 8. The molecule has 8 nitrogen and oxygen atoms in total. The van der Waals surface area contributed by atoms with Crippen molar-refractivity contribution in [3.05, 3.63) is 216 Å². The fourth-order valence-corrected chi connectivity index (χ4v) is 4.23. The molecule has 8 rings (SSSR count). The second kappa shape index (κ2) is 25.8. The molecule has 0 bridgehead atoms. The van der Waals surface area contributed by atoms with Crippen molar-refractivity contribution in [1.29, 1.82) is 0 Å². The largest absolute Gasteiger partial charge is 2.00 e. The van der Waals surface area contributed by atoms with Crippen LogP contribution in [-0.4, -0.2) is 19.9 Å². The molecule has 0 saturated heterocycles. The van der Waals surface area contributed by atoms with E-state index in [4.69, 9.17) is 0 Å². The summed E-state index contributed by atoms with van der Waals surface area (Å²) in [6.07, 6.45) is 29.8. The zero-order valence-electron chi connectivity index (χ0n) is 29.8. The zero-order chi connectivity index (χ0) is 35.7. The molecule has 0 unspecified atom stereocenters. The fraction of sp³-hybridized carbons (Fsp3) is 0. The summed E-state index contributed by atoms with van der Waals surface area (Å²) in [7, 11) is 0. The van der Waals surface area contributed by atoms with E-state index in [2.05, 4.69) is 39.9 Å². The van der Waals surface area contributed by atoms with Crippen LogP contribution in [-0.2, 0) is 39.0 Å². The van der Waals surface area contributed by atoms with Crippen molar-refractivity contribution in [3.63, 3.8) is 0 Å². The summed E-state index contributed by atoms with van der Waals surface area (Å²) < 4.78 is 0. The van der Waals surface area contributed by atoms with Crippen LogP contribution in [0.5, 0.6) is 0 Å². The quantitative estimate of drug-likeness (QED) is 0.140. The molecule has 0 atom stereocenters. The number of hydrogen-bond donors (Lipinski definition) is 0. The second-order valence-electron chi connectivity index (χ2n) is 10.6. The topological polar surface area (TPSA) is 108 Å². The van der Waals surface area contributed by atoms with Crippen LogP contribution < -0.4 is 19.9 Å². The minimum Gasteiger partial charge on any atom is -0.664 e. The third-order valence-electron chi connectivity index (χ3n) is 6.76. The van der Waals surface area contributed by atoms with Crippen LogP contribution >= 0.6 is 0 Å². The predicted molar refractivity (Wildman–Crippen MR) is 212 cm³/mol. The molecule has 0 aromatic carbocycles. The van der Waals surface area contributed by atoms with Crippen LogP contribution in [0.2, 0.25) is 0 Å². The molecule has 8 aromatic heterocycles. The predicted octanol–water partition coefficient (Wildman–Crippen LogP) is 8.83. The van der Waals surface area contributed by atoms with Gasteiger partial charge in [0, 0.05) is 24.8 Å². The Bertz CT molecular complexity index is 1830. The average Bonchev–Trinajstić information content (AvgIpc) is 4.07. The van der Waals surface area contributed by atoms with Gasteiger partial charge in [0.1, 0.15) is 0 Å². The van der Waals surface area contributed by atoms with Crippen LogP contribution in [0.3, 0.4) is 0 Å². The summed E-state index contributed by atoms with van der Waals surface area (Å²) in [4.78, 5) is 33.1. The van der Waals surface area contributed by atoms with Crippen molar-refractivity contribution in [1.82, 2.24) is 39.9 Å². The smallest absolute Gasteiger partial charge is 0.664 e. The zero-order valence-corrected chi connectivity index (χ0v) is 35.7. The van der Waals surface area contributed by atoms with Crippen LogP contribution in [0.4, 0.5) is 0 Å². The van der Waals surface area contributed by atoms with Crippen molar-refractivity contribution in [3.8, 4) is 0 Å². The summed E-state index contributed by atoms with van der Waals surface area (Å²) >= 11 is 0. The molecule has 54 heavy (non-hydrogen) atoms. The SMILES string of the molecule is C(=Cc1ccc[n-]1)c1ccccn1.C(=Cc1ccc[n-]1)c1ccccn1.C(=Cc1ccc[n-]1)c1ccccn1.C(=Cc1ccc[n-]1)c1ccccn1.[Zn+2].[Zn+2]. The van der Waals surface area contributed by atoms with Gasteiger partial charge >= 0.3 is 39.0 Å². The van der Waals surface area contributed by atoms with Gasteiger partial charge in [-0.3, -0.25) is 19.9 Å². The summed E-state index contributed by atoms with van der Waals surface area (Å²) in [5, 5.41) is 0. The first-order chi connectivity index (χ1) is 25.8. The van der Waals surface area contributed by atoms with E-state index in [1.807, 2.05) is 170 Å². The van der Waals surface area contributed by atoms with Crippen molar-refractivity contribution >= 4 is 48.6 Å². The van der Waals surface area contributed by atoms with Gasteiger partial charge in [0.2, 0.25) is 0 Å². The number of hydrogen-bond acceptors (Lipinski definition) is 4. The minimum atomic E-state index is 0. The second-order valence-corrected chi connectivity index (χ2v) is 10.6. The Balaban J connectivity index is 0.000000191. The number of aromatic nitrogens is 8. The maximum Gasteiger partial charge on any atom is 2.00 e. The van der Waals surface area contributed by atoms with Gasteiger partial charge in [-0.2, -0.15) is 24.8 Å². The van der Waals surface area contributed by atoms with Crippen molar-refractivity contribution in [2.24, 2.45) is 0 Å². The summed E-state index contributed by atoms with van der Waals surface area (Å²) in [5.41, 5.74) is 7.65. The molecule has 0 aliphatic carbocycles. The molecule has 0 amide bonds. The van der Waals surface area contributed by atoms with Crippen molar-refractivity contribution < 1.29 is 39.0 Å². The van der Waals surface area contributed by atoms with Crippen molar-refractivity contribution in [2.75, 3.05) is 0 Å². The van der Waals surface area contributed by atoms with Crippen LogP contribution in [0, 0.1) is 0 Å². The number of nitrogens with zero attached hydrogens (tertiary/aromatic N) is 8. The fourth-order valence-electron chi connectivity index (χ4n) is 4.23. The van der Waals surface area contributed by atoms with Gasteiger partial charge in [0.15, 0.2) is 0 Å². The van der Waals surface area contributed by atoms with Gasteiger partial charge in [-0.05, 0) is 72.8 Å². The molecule has 8 aromatic rings. The van der Waals surface area contributed by atoms with E-state index in [0.717, 1.165) is 45.6 Å². The van der Waals surface area contributed by atoms with E-state index in [0.29, 0.717) is 0 Å². The summed E-state index contributed by atoms with van der Waals surface area (Å²) in [6, 6.07) is 38.8. The van der Waals surface area contributed by atoms with E-state index < -0.39 is 0 Å². The maximum atomic E-state index is 4.16. The average molecular weight is 808 g/mol. The van der Waals surface area contributed by atoms with E-state index in [1.54, 1.807) is 49.6 Å². The Morgan fingerprint density at radius 2 is 0.519 bits per heavy atom. The van der Waals surface area contributed by atoms with Crippen LogP contribution in [0.15, 0.2) is 171 Å². The maximum absolute atomic E-state index is 4.16. The molecular formula is C44H36N8Zn2. The Labute approximate surface area is 341 Å². The molecule has 256 valence electrons. The molecular weight excluding hydrogens is 771 g/mol. The normalized spacial score (nSPS) is 10.4. The van der Waals surface area contributed by atoms with E-state index in [9.17, 15) is 0 Å². The van der Waals surface area contributed by atoms with Gasteiger partial charge in [-0.1, -0.05) is 97.1 Å². The van der Waals surface area contributed by atoms with E-state index >= 15 is 0 Å². The molecule has 0 aliphatic rings. The number of pyridine rings is 4. The van der Waals surface area contributed by atoms with Gasteiger partial charge in [0.05, 0.1) is 22.8 Å². The van der Waals surface area contributed by atoms with Crippen molar-refractivity contribution in [2.45, 2.75) is 0 Å². The molecule has 0 N–H and O–H groups in total. The standard InChI is InChI=1S/4C11H9N2.2Zn/c4*1-2-8-12-10(4-1)6-7-11-5-3-9-13-11;;/h4*1-9H;;/q4*-1;2*+2. The van der Waals surface area contributed by atoms with Crippen LogP contribution in [0.25, 0.3) is 48.6 Å². The molecule has 0 radical (unpaired) electrons. The minimum absolute atomic E-state index is 0. The summed E-state index contributed by atoms with van der Waals surface area (Å²) in [6.45, 7) is 0. The molecule has 0 aliphatic heterocycles. The van der Waals surface area contributed by atoms with E-state index in [1.165, 1.54) is 0 Å². The Kier molecular flexibility index (Phi) is 20.2. The molecule has 0 fully saturated rings. The van der Waals surface area contributed by atoms with Gasteiger partial charge in [-0.15, -0.1) is 22.8 Å². The first-order valence-corrected chi connectivity index (χ1v) is 16.5. The van der Waals surface area contributed by atoms with Gasteiger partial charge in [-0.25, -0.2) is 0 Å². The first-order valence-electron chi connectivity index (χ1n) is 16.5. The first kappa shape index (κ1) is 42.3. The Morgan fingerprint density at radius 3 is 0.685 bits per heavy atom. The van der Waals surface area contributed by atoms with Gasteiger partial charge < -0.3 is 19.9 Å². The molecule has 8 heterocycles. The summed E-state index contributed by atoms with van der Waals surface area (Å²) in [5.74, 6) is 0. The molecule has 0 saturated carbocycles. The monoisotopic (exact) mass is 804 g/mol. The van der Waals surface area contributed by atoms with Gasteiger partial charge in [0.25, 0.3) is 0 Å². The third kappa shape index (κ3) is 17.0. The Hall–Kier alpha value is -6.07. The third-order valence-corrected chi connectivity index (χ3v) is 6.76.